The third-order valence-corrected chi connectivity index (χ3v) is 5.13. The molecule has 22 heavy (non-hydrogen) atoms. The Hall–Kier alpha value is -2.14. The molecule has 4 nitrogen and oxygen atoms in total. The maximum Gasteiger partial charge on any atom is 0.231 e. The molecular weight excluding hydrogens is 294 g/mol. The Bertz CT molecular complexity index is 765. The number of nitrogens with zero attached hydrogens (tertiary/aromatic N) is 2. The number of carbonyl (C=O) groups excluding carboxylic acids is 1. The van der Waals surface area contributed by atoms with Crippen molar-refractivity contribution in [1.82, 2.24) is 4.90 Å². The zero-order chi connectivity index (χ0) is 15.9. The van der Waals surface area contributed by atoms with Crippen LogP contribution in [-0.2, 0) is 10.3 Å². The molecule has 0 aliphatic carbocycles. The van der Waals surface area contributed by atoms with Gasteiger partial charge in [-0.2, -0.15) is 0 Å². The van der Waals surface area contributed by atoms with Gasteiger partial charge in [-0.1, -0.05) is 18.2 Å². The van der Waals surface area contributed by atoms with Crippen molar-refractivity contribution in [3.8, 4) is 10.4 Å². The number of amides is 1. The lowest BCUT2D eigenvalue weighted by molar-refractivity contribution is -0.128. The van der Waals surface area contributed by atoms with Crippen molar-refractivity contribution in [2.45, 2.75) is 25.8 Å². The summed E-state index contributed by atoms with van der Waals surface area (Å²) in [6.07, 6.45) is 0.330. The fourth-order valence-electron chi connectivity index (χ4n) is 2.67. The molecule has 3 rings (SSSR count). The summed E-state index contributed by atoms with van der Waals surface area (Å²) in [5.41, 5.74) is 7.45. The summed E-state index contributed by atoms with van der Waals surface area (Å²) in [7, 11) is 1.66. The number of aryl methyl sites for hydroxylation is 1. The number of carbonyl (C=O) groups is 1. The summed E-state index contributed by atoms with van der Waals surface area (Å²) in [4.78, 5) is 20.6. The van der Waals surface area contributed by atoms with Crippen LogP contribution in [0.2, 0.25) is 0 Å². The molecule has 1 atom stereocenters. The average molecular weight is 313 g/mol. The molecule has 114 valence electrons. The van der Waals surface area contributed by atoms with Crippen molar-refractivity contribution in [3.05, 3.63) is 46.8 Å². The largest absolute Gasteiger partial charge is 0.369 e. The van der Waals surface area contributed by atoms with E-state index >= 15 is 0 Å². The fraction of sp³-hybridized carbons (Fsp3) is 0.294. The predicted octanol–water partition coefficient (Wildman–Crippen LogP) is 3.12. The highest BCUT2D eigenvalue weighted by atomic mass is 32.1. The van der Waals surface area contributed by atoms with E-state index in [1.54, 1.807) is 18.4 Å². The smallest absolute Gasteiger partial charge is 0.231 e. The van der Waals surface area contributed by atoms with E-state index in [-0.39, 0.29) is 11.9 Å². The molecule has 0 saturated heterocycles. The van der Waals surface area contributed by atoms with Crippen LogP contribution in [0.25, 0.3) is 10.4 Å². The van der Waals surface area contributed by atoms with Crippen LogP contribution in [0.4, 0.5) is 0 Å². The predicted molar refractivity (Wildman–Crippen MR) is 90.9 cm³/mol. The van der Waals surface area contributed by atoms with Gasteiger partial charge in [-0.3, -0.25) is 9.69 Å². The first-order valence-electron chi connectivity index (χ1n) is 7.18. The molecule has 0 saturated carbocycles. The van der Waals surface area contributed by atoms with E-state index in [1.165, 1.54) is 14.7 Å². The first kappa shape index (κ1) is 14.8. The molecule has 0 bridgehead atoms. The third-order valence-electron chi connectivity index (χ3n) is 4.08. The normalized spacial score (nSPS) is 21.9. The summed E-state index contributed by atoms with van der Waals surface area (Å²) < 4.78 is 0. The topological polar surface area (TPSA) is 58.7 Å². The Labute approximate surface area is 134 Å². The van der Waals surface area contributed by atoms with Gasteiger partial charge in [-0.15, -0.1) is 11.3 Å². The van der Waals surface area contributed by atoms with Crippen LogP contribution < -0.4 is 5.73 Å². The quantitative estimate of drug-likeness (QED) is 0.926. The summed E-state index contributed by atoms with van der Waals surface area (Å²) in [5, 5.41) is 0. The van der Waals surface area contributed by atoms with Crippen LogP contribution in [0, 0.1) is 6.92 Å². The molecule has 1 aromatic heterocycles. The molecule has 2 aromatic rings. The van der Waals surface area contributed by atoms with E-state index < -0.39 is 5.54 Å². The number of nitrogens with two attached hydrogens (primary N) is 1. The van der Waals surface area contributed by atoms with Gasteiger partial charge < -0.3 is 5.73 Å². The van der Waals surface area contributed by atoms with Gasteiger partial charge in [0.05, 0.1) is 12.0 Å². The lowest BCUT2D eigenvalue weighted by atomic mass is 9.86. The molecule has 0 spiro atoms. The molecule has 1 aliphatic heterocycles. The summed E-state index contributed by atoms with van der Waals surface area (Å²) >= 11 is 1.76. The Morgan fingerprint density at radius 3 is 2.73 bits per heavy atom. The maximum absolute atomic E-state index is 12.1. The zero-order valence-corrected chi connectivity index (χ0v) is 13.8. The Morgan fingerprint density at radius 1 is 1.32 bits per heavy atom. The number of guanidine groups is 1. The Kier molecular flexibility index (Phi) is 3.53. The summed E-state index contributed by atoms with van der Waals surface area (Å²) in [6.45, 7) is 4.06. The van der Waals surface area contributed by atoms with E-state index in [4.69, 9.17) is 5.73 Å². The molecule has 0 fully saturated rings. The highest BCUT2D eigenvalue weighted by molar-refractivity contribution is 7.15. The Balaban J connectivity index is 2.04. The molecule has 1 amide bonds. The first-order valence-corrected chi connectivity index (χ1v) is 8.00. The van der Waals surface area contributed by atoms with Crippen LogP contribution in [0.3, 0.4) is 0 Å². The first-order chi connectivity index (χ1) is 10.4. The number of thiophene rings is 1. The number of hydrogen-bond acceptors (Lipinski definition) is 4. The van der Waals surface area contributed by atoms with E-state index in [0.717, 1.165) is 11.1 Å². The summed E-state index contributed by atoms with van der Waals surface area (Å²) in [6, 6.07) is 12.5. The molecule has 1 aliphatic rings. The zero-order valence-electron chi connectivity index (χ0n) is 13.0. The number of rotatable bonds is 2. The number of hydrogen-bond donors (Lipinski definition) is 1. The fourth-order valence-corrected chi connectivity index (χ4v) is 3.54. The second-order valence-electron chi connectivity index (χ2n) is 5.86. The molecule has 0 radical (unpaired) electrons. The number of benzene rings is 1. The van der Waals surface area contributed by atoms with Crippen LogP contribution in [0.15, 0.2) is 41.4 Å². The second-order valence-corrected chi connectivity index (χ2v) is 7.15. The van der Waals surface area contributed by atoms with Crippen molar-refractivity contribution in [2.75, 3.05) is 7.05 Å². The maximum atomic E-state index is 12.1. The van der Waals surface area contributed by atoms with Crippen LogP contribution in [-0.4, -0.2) is 23.8 Å². The number of aliphatic imine (C=N–C) groups is 1. The standard InChI is InChI=1S/C17H19N3OS/c1-11-7-8-14(22-11)12-5-4-6-13(9-12)17(2)10-15(21)20(3)16(18)19-17/h4-9H,10H2,1-3H3,(H2,18,19)/t17-/m0/s1. The van der Waals surface area contributed by atoms with Crippen molar-refractivity contribution < 1.29 is 4.79 Å². The van der Waals surface area contributed by atoms with Gasteiger partial charge in [-0.05, 0) is 43.2 Å². The van der Waals surface area contributed by atoms with Crippen LogP contribution in [0.5, 0.6) is 0 Å². The molecule has 2 N–H and O–H groups in total. The lowest BCUT2D eigenvalue weighted by Gasteiger charge is -2.33. The monoisotopic (exact) mass is 313 g/mol. The minimum atomic E-state index is -0.601. The molecule has 2 heterocycles. The van der Waals surface area contributed by atoms with Gasteiger partial charge >= 0.3 is 0 Å². The Morgan fingerprint density at radius 2 is 2.09 bits per heavy atom. The van der Waals surface area contributed by atoms with Gasteiger partial charge in [0, 0.05) is 16.8 Å². The highest BCUT2D eigenvalue weighted by Crippen LogP contribution is 2.36. The van der Waals surface area contributed by atoms with Crippen molar-refractivity contribution >= 4 is 23.2 Å². The van der Waals surface area contributed by atoms with Gasteiger partial charge in [-0.25, -0.2) is 4.99 Å². The second kappa shape index (κ2) is 5.25. The molecular formula is C17H19N3OS. The van der Waals surface area contributed by atoms with Gasteiger partial charge in [0.25, 0.3) is 0 Å². The molecule has 1 aromatic carbocycles. The van der Waals surface area contributed by atoms with Crippen molar-refractivity contribution in [1.29, 1.82) is 0 Å². The van der Waals surface area contributed by atoms with Gasteiger partial charge in [0.1, 0.15) is 0 Å². The average Bonchev–Trinajstić information content (AvgIpc) is 2.91. The summed E-state index contributed by atoms with van der Waals surface area (Å²) in [5.74, 6) is 0.267. The van der Waals surface area contributed by atoms with Crippen LogP contribution >= 0.6 is 11.3 Å². The minimum absolute atomic E-state index is 0.00706. The van der Waals surface area contributed by atoms with E-state index in [1.807, 2.05) is 19.1 Å². The van der Waals surface area contributed by atoms with Crippen molar-refractivity contribution in [3.63, 3.8) is 0 Å². The van der Waals surface area contributed by atoms with Gasteiger partial charge in [0.2, 0.25) is 5.91 Å². The SMILES string of the molecule is Cc1ccc(-c2cccc([C@]3(C)CC(=O)N(C)C(N)=N3)c2)s1. The lowest BCUT2D eigenvalue weighted by Crippen LogP contribution is -2.47. The van der Waals surface area contributed by atoms with Crippen molar-refractivity contribution in [2.24, 2.45) is 10.7 Å². The highest BCUT2D eigenvalue weighted by Gasteiger charge is 2.36. The van der Waals surface area contributed by atoms with E-state index in [9.17, 15) is 4.79 Å². The van der Waals surface area contributed by atoms with Crippen LogP contribution in [0.1, 0.15) is 23.8 Å². The third kappa shape index (κ3) is 2.52. The minimum Gasteiger partial charge on any atom is -0.369 e. The van der Waals surface area contributed by atoms with Gasteiger partial charge in [0.15, 0.2) is 5.96 Å². The van der Waals surface area contributed by atoms with E-state index in [2.05, 4.69) is 36.2 Å². The van der Waals surface area contributed by atoms with E-state index in [0.29, 0.717) is 6.42 Å². The molecule has 5 heteroatoms. The molecule has 0 unspecified atom stereocenters.